The molecule has 0 radical (unpaired) electrons. The van der Waals surface area contributed by atoms with E-state index >= 15 is 0 Å². The van der Waals surface area contributed by atoms with Gasteiger partial charge in [0.05, 0.1) is 25.4 Å². The van der Waals surface area contributed by atoms with Crippen LogP contribution in [0, 0.1) is 0 Å². The SMILES string of the molecule is CCCCCC/C=C\C/C=C\CCCCCCCC(=O)NC(COC1OC(CO)C(O)C(O)C1O)C(O)/C=C/CCCCCCCCCCC. The lowest BCUT2D eigenvalue weighted by atomic mass is 9.99. The molecule has 7 atom stereocenters. The number of aliphatic hydroxyl groups is 5. The van der Waals surface area contributed by atoms with Crippen LogP contribution in [0.4, 0.5) is 0 Å². The third-order valence-electron chi connectivity index (χ3n) is 9.46. The molecule has 1 heterocycles. The first kappa shape index (κ1) is 46.4. The van der Waals surface area contributed by atoms with Gasteiger partial charge in [-0.15, -0.1) is 0 Å². The minimum absolute atomic E-state index is 0.194. The maximum absolute atomic E-state index is 12.9. The molecule has 50 heavy (non-hydrogen) atoms. The van der Waals surface area contributed by atoms with Gasteiger partial charge in [0, 0.05) is 6.42 Å². The Balaban J connectivity index is 2.43. The van der Waals surface area contributed by atoms with Crippen LogP contribution in [0.2, 0.25) is 0 Å². The van der Waals surface area contributed by atoms with Gasteiger partial charge in [-0.05, 0) is 51.4 Å². The fourth-order valence-corrected chi connectivity index (χ4v) is 6.12. The van der Waals surface area contributed by atoms with E-state index in [1.165, 1.54) is 77.0 Å². The molecular formula is C41H75NO8. The Labute approximate surface area is 304 Å². The Morgan fingerprint density at radius 1 is 0.680 bits per heavy atom. The zero-order valence-corrected chi connectivity index (χ0v) is 31.6. The lowest BCUT2D eigenvalue weighted by Crippen LogP contribution is -2.60. The summed E-state index contributed by atoms with van der Waals surface area (Å²) in [6, 6.07) is -0.808. The van der Waals surface area contributed by atoms with Gasteiger partial charge in [-0.1, -0.05) is 140 Å². The van der Waals surface area contributed by atoms with E-state index in [0.717, 1.165) is 64.2 Å². The maximum atomic E-state index is 12.9. The monoisotopic (exact) mass is 710 g/mol. The predicted octanol–water partition coefficient (Wildman–Crippen LogP) is 7.33. The van der Waals surface area contributed by atoms with Crippen LogP contribution < -0.4 is 5.32 Å². The van der Waals surface area contributed by atoms with Crippen molar-refractivity contribution in [3.05, 3.63) is 36.5 Å². The van der Waals surface area contributed by atoms with Gasteiger partial charge in [-0.2, -0.15) is 0 Å². The van der Waals surface area contributed by atoms with E-state index < -0.39 is 49.5 Å². The van der Waals surface area contributed by atoms with Crippen LogP contribution in [0.1, 0.15) is 162 Å². The summed E-state index contributed by atoms with van der Waals surface area (Å²) in [4.78, 5) is 12.9. The smallest absolute Gasteiger partial charge is 0.220 e. The van der Waals surface area contributed by atoms with Crippen LogP contribution in [-0.4, -0.2) is 87.5 Å². The predicted molar refractivity (Wildman–Crippen MR) is 203 cm³/mol. The average molecular weight is 710 g/mol. The van der Waals surface area contributed by atoms with E-state index in [1.807, 2.05) is 6.08 Å². The second-order valence-electron chi connectivity index (χ2n) is 14.1. The third kappa shape index (κ3) is 23.1. The molecule has 1 saturated heterocycles. The first-order chi connectivity index (χ1) is 24.3. The summed E-state index contributed by atoms with van der Waals surface area (Å²) >= 11 is 0. The van der Waals surface area contributed by atoms with Gasteiger partial charge < -0.3 is 40.3 Å². The lowest BCUT2D eigenvalue weighted by molar-refractivity contribution is -0.302. The minimum Gasteiger partial charge on any atom is -0.394 e. The van der Waals surface area contributed by atoms with Gasteiger partial charge in [0.25, 0.3) is 0 Å². The summed E-state index contributed by atoms with van der Waals surface area (Å²) in [7, 11) is 0. The quantitative estimate of drug-likeness (QED) is 0.0314. The molecule has 1 amide bonds. The van der Waals surface area contributed by atoms with Crippen LogP contribution in [0.3, 0.4) is 0 Å². The number of hydrogen-bond donors (Lipinski definition) is 6. The number of carbonyl (C=O) groups is 1. The van der Waals surface area contributed by atoms with Crippen molar-refractivity contribution in [3.63, 3.8) is 0 Å². The van der Waals surface area contributed by atoms with Crippen molar-refractivity contribution in [1.29, 1.82) is 0 Å². The van der Waals surface area contributed by atoms with Gasteiger partial charge in [0.1, 0.15) is 24.4 Å². The van der Waals surface area contributed by atoms with E-state index in [4.69, 9.17) is 9.47 Å². The van der Waals surface area contributed by atoms with Gasteiger partial charge in [0.15, 0.2) is 6.29 Å². The molecule has 0 aromatic carbocycles. The highest BCUT2D eigenvalue weighted by Gasteiger charge is 2.44. The number of carbonyl (C=O) groups excluding carboxylic acids is 1. The molecule has 1 aliphatic heterocycles. The van der Waals surface area contributed by atoms with Gasteiger partial charge in [-0.3, -0.25) is 4.79 Å². The van der Waals surface area contributed by atoms with Crippen molar-refractivity contribution < 1.29 is 39.8 Å². The molecule has 0 bridgehead atoms. The number of unbranched alkanes of at least 4 members (excludes halogenated alkanes) is 18. The van der Waals surface area contributed by atoms with Crippen LogP contribution in [0.5, 0.6) is 0 Å². The molecule has 1 aliphatic rings. The van der Waals surface area contributed by atoms with E-state index in [9.17, 15) is 30.3 Å². The van der Waals surface area contributed by atoms with Gasteiger partial charge in [0.2, 0.25) is 5.91 Å². The van der Waals surface area contributed by atoms with Crippen molar-refractivity contribution in [3.8, 4) is 0 Å². The zero-order valence-electron chi connectivity index (χ0n) is 31.6. The second-order valence-corrected chi connectivity index (χ2v) is 14.1. The Bertz CT molecular complexity index is 879. The van der Waals surface area contributed by atoms with E-state index in [0.29, 0.717) is 6.42 Å². The number of aliphatic hydroxyl groups excluding tert-OH is 5. The standard InChI is InChI=1S/C41H75NO8/c1-3-5-7-9-11-13-15-16-17-18-19-21-23-25-27-29-31-37(45)42-34(33-49-41-40(48)39(47)38(46)36(32-43)50-41)35(44)30-28-26-24-22-20-14-12-10-8-6-4-2/h13,15,17-18,28,30,34-36,38-41,43-44,46-48H,3-12,14,16,19-27,29,31-33H2,1-2H3,(H,42,45)/b15-13-,18-17-,30-28+. The largest absolute Gasteiger partial charge is 0.394 e. The van der Waals surface area contributed by atoms with E-state index in [-0.39, 0.29) is 12.5 Å². The number of rotatable bonds is 32. The van der Waals surface area contributed by atoms with Gasteiger partial charge >= 0.3 is 0 Å². The fourth-order valence-electron chi connectivity index (χ4n) is 6.12. The van der Waals surface area contributed by atoms with Crippen molar-refractivity contribution in [2.75, 3.05) is 13.2 Å². The summed E-state index contributed by atoms with van der Waals surface area (Å²) in [5, 5.41) is 53.9. The topological polar surface area (TPSA) is 149 Å². The molecule has 0 aromatic rings. The first-order valence-corrected chi connectivity index (χ1v) is 20.2. The van der Waals surface area contributed by atoms with Crippen LogP contribution in [0.25, 0.3) is 0 Å². The molecule has 6 N–H and O–H groups in total. The van der Waals surface area contributed by atoms with Crippen molar-refractivity contribution in [2.45, 2.75) is 204 Å². The van der Waals surface area contributed by atoms with E-state index in [1.54, 1.807) is 6.08 Å². The maximum Gasteiger partial charge on any atom is 0.220 e. The Morgan fingerprint density at radius 3 is 1.74 bits per heavy atom. The zero-order chi connectivity index (χ0) is 36.7. The van der Waals surface area contributed by atoms with Crippen molar-refractivity contribution in [1.82, 2.24) is 5.32 Å². The highest BCUT2D eigenvalue weighted by Crippen LogP contribution is 2.22. The normalized spacial score (nSPS) is 22.6. The molecule has 0 aromatic heterocycles. The number of nitrogens with one attached hydrogen (secondary N) is 1. The molecule has 9 nitrogen and oxygen atoms in total. The van der Waals surface area contributed by atoms with Crippen molar-refractivity contribution in [2.24, 2.45) is 0 Å². The molecule has 292 valence electrons. The van der Waals surface area contributed by atoms with Crippen LogP contribution >= 0.6 is 0 Å². The minimum atomic E-state index is -1.57. The number of ether oxygens (including phenoxy) is 2. The Hall–Kier alpha value is -1.59. The third-order valence-corrected chi connectivity index (χ3v) is 9.46. The molecule has 0 spiro atoms. The summed E-state index contributed by atoms with van der Waals surface area (Å²) < 4.78 is 11.1. The molecule has 7 unspecified atom stereocenters. The Kier molecular flexibility index (Phi) is 29.8. The van der Waals surface area contributed by atoms with Crippen LogP contribution in [-0.2, 0) is 14.3 Å². The number of allylic oxidation sites excluding steroid dienone is 5. The summed E-state index contributed by atoms with van der Waals surface area (Å²) in [6.45, 7) is 3.71. The average Bonchev–Trinajstić information content (AvgIpc) is 3.11. The lowest BCUT2D eigenvalue weighted by Gasteiger charge is -2.40. The van der Waals surface area contributed by atoms with Crippen LogP contribution in [0.15, 0.2) is 36.5 Å². The molecule has 1 fully saturated rings. The summed E-state index contributed by atoms with van der Waals surface area (Å²) in [5.74, 6) is -0.194. The highest BCUT2D eigenvalue weighted by atomic mass is 16.7. The summed E-state index contributed by atoms with van der Waals surface area (Å²) in [5.41, 5.74) is 0. The van der Waals surface area contributed by atoms with E-state index in [2.05, 4.69) is 43.5 Å². The molecule has 9 heteroatoms. The molecular weight excluding hydrogens is 634 g/mol. The molecule has 0 saturated carbocycles. The summed E-state index contributed by atoms with van der Waals surface area (Å²) in [6.07, 6.45) is 30.4. The van der Waals surface area contributed by atoms with Crippen molar-refractivity contribution >= 4 is 5.91 Å². The fraction of sp³-hybridized carbons (Fsp3) is 0.829. The number of amides is 1. The Morgan fingerprint density at radius 2 is 1.18 bits per heavy atom. The van der Waals surface area contributed by atoms with Gasteiger partial charge in [-0.25, -0.2) is 0 Å². The number of hydrogen-bond acceptors (Lipinski definition) is 8. The molecule has 1 rings (SSSR count). The second kappa shape index (κ2) is 32.1. The first-order valence-electron chi connectivity index (χ1n) is 20.2. The highest BCUT2D eigenvalue weighted by molar-refractivity contribution is 5.76. The molecule has 0 aliphatic carbocycles.